The van der Waals surface area contributed by atoms with E-state index in [0.29, 0.717) is 16.6 Å². The fourth-order valence-corrected chi connectivity index (χ4v) is 2.51. The van der Waals surface area contributed by atoms with E-state index in [2.05, 4.69) is 10.0 Å². The first-order chi connectivity index (χ1) is 7.53. The molecule has 0 radical (unpaired) electrons. The van der Waals surface area contributed by atoms with Crippen molar-refractivity contribution in [1.29, 1.82) is 0 Å². The molecule has 1 saturated carbocycles. The lowest BCUT2D eigenvalue weighted by molar-refractivity contribution is 0.588. The molecule has 0 spiro atoms. The monoisotopic (exact) mass is 240 g/mol. The molecule has 1 aromatic rings. The third-order valence-electron chi connectivity index (χ3n) is 2.63. The molecule has 0 amide bonds. The van der Waals surface area contributed by atoms with Crippen LogP contribution in [0.5, 0.6) is 0 Å². The fraction of sp³-hybridized carbons (Fsp3) is 0.455. The third-order valence-corrected chi connectivity index (χ3v) is 4.09. The van der Waals surface area contributed by atoms with Crippen molar-refractivity contribution in [1.82, 2.24) is 4.72 Å². The van der Waals surface area contributed by atoms with Gasteiger partial charge in [0, 0.05) is 6.04 Å². The number of nitrogens with one attached hydrogen (secondary N) is 2. The SMILES string of the molecule is CNS(=O)(=O)c1cc(C)ccc1NC1CC1. The molecule has 0 heterocycles. The van der Waals surface area contributed by atoms with Gasteiger partial charge in [-0.1, -0.05) is 6.07 Å². The van der Waals surface area contributed by atoms with Crippen LogP contribution in [-0.4, -0.2) is 21.5 Å². The number of hydrogen-bond donors (Lipinski definition) is 2. The van der Waals surface area contributed by atoms with Crippen molar-refractivity contribution in [2.45, 2.75) is 30.7 Å². The van der Waals surface area contributed by atoms with E-state index >= 15 is 0 Å². The van der Waals surface area contributed by atoms with Crippen LogP contribution in [0, 0.1) is 6.92 Å². The number of hydrogen-bond acceptors (Lipinski definition) is 3. The summed E-state index contributed by atoms with van der Waals surface area (Å²) >= 11 is 0. The maximum absolute atomic E-state index is 11.8. The van der Waals surface area contributed by atoms with Crippen LogP contribution in [0.3, 0.4) is 0 Å². The van der Waals surface area contributed by atoms with E-state index in [1.54, 1.807) is 6.07 Å². The van der Waals surface area contributed by atoms with Gasteiger partial charge in [0.05, 0.1) is 5.69 Å². The highest BCUT2D eigenvalue weighted by Gasteiger charge is 2.24. The highest BCUT2D eigenvalue weighted by atomic mass is 32.2. The van der Waals surface area contributed by atoms with E-state index in [-0.39, 0.29) is 0 Å². The van der Waals surface area contributed by atoms with Gasteiger partial charge in [0.15, 0.2) is 0 Å². The molecular formula is C11H16N2O2S. The van der Waals surface area contributed by atoms with Crippen LogP contribution in [0.15, 0.2) is 23.1 Å². The molecule has 0 unspecified atom stereocenters. The number of rotatable bonds is 4. The second-order valence-electron chi connectivity index (χ2n) is 4.13. The molecule has 0 aromatic heterocycles. The Morgan fingerprint density at radius 2 is 2.00 bits per heavy atom. The van der Waals surface area contributed by atoms with Gasteiger partial charge in [-0.05, 0) is 44.5 Å². The van der Waals surface area contributed by atoms with E-state index in [1.165, 1.54) is 7.05 Å². The Labute approximate surface area is 96.1 Å². The molecule has 2 N–H and O–H groups in total. The van der Waals surface area contributed by atoms with Crippen LogP contribution in [0.2, 0.25) is 0 Å². The van der Waals surface area contributed by atoms with Gasteiger partial charge in [0.25, 0.3) is 0 Å². The van der Waals surface area contributed by atoms with Crippen molar-refractivity contribution in [2.24, 2.45) is 0 Å². The zero-order chi connectivity index (χ0) is 11.8. The summed E-state index contributed by atoms with van der Waals surface area (Å²) in [7, 11) is -1.95. The lowest BCUT2D eigenvalue weighted by atomic mass is 10.2. The number of anilines is 1. The van der Waals surface area contributed by atoms with Gasteiger partial charge in [-0.2, -0.15) is 0 Å². The van der Waals surface area contributed by atoms with Crippen molar-refractivity contribution >= 4 is 15.7 Å². The Morgan fingerprint density at radius 1 is 1.31 bits per heavy atom. The molecule has 0 atom stereocenters. The summed E-state index contributed by atoms with van der Waals surface area (Å²) in [5.74, 6) is 0. The average molecular weight is 240 g/mol. The van der Waals surface area contributed by atoms with Crippen molar-refractivity contribution in [3.63, 3.8) is 0 Å². The summed E-state index contributed by atoms with van der Waals surface area (Å²) in [6.45, 7) is 1.88. The predicted molar refractivity (Wildman–Crippen MR) is 64.1 cm³/mol. The Hall–Kier alpha value is -1.07. The molecule has 0 saturated heterocycles. The van der Waals surface area contributed by atoms with Gasteiger partial charge in [-0.3, -0.25) is 0 Å². The molecule has 0 aliphatic heterocycles. The second-order valence-corrected chi connectivity index (χ2v) is 5.98. The minimum atomic E-state index is -3.38. The van der Waals surface area contributed by atoms with Crippen LogP contribution >= 0.6 is 0 Å². The normalized spacial score (nSPS) is 16.1. The molecular weight excluding hydrogens is 224 g/mol. The topological polar surface area (TPSA) is 58.2 Å². The number of benzene rings is 1. The van der Waals surface area contributed by atoms with Gasteiger partial charge < -0.3 is 5.32 Å². The molecule has 88 valence electrons. The largest absolute Gasteiger partial charge is 0.381 e. The fourth-order valence-electron chi connectivity index (χ4n) is 1.53. The van der Waals surface area contributed by atoms with E-state index < -0.39 is 10.0 Å². The van der Waals surface area contributed by atoms with Crippen molar-refractivity contribution in [2.75, 3.05) is 12.4 Å². The second kappa shape index (κ2) is 4.07. The first-order valence-electron chi connectivity index (χ1n) is 5.33. The summed E-state index contributed by atoms with van der Waals surface area (Å²) in [6.07, 6.45) is 2.24. The lowest BCUT2D eigenvalue weighted by Crippen LogP contribution is -2.20. The Morgan fingerprint density at radius 3 is 2.56 bits per heavy atom. The molecule has 1 fully saturated rings. The quantitative estimate of drug-likeness (QED) is 0.838. The molecule has 2 rings (SSSR count). The van der Waals surface area contributed by atoms with Crippen molar-refractivity contribution in [3.05, 3.63) is 23.8 Å². The zero-order valence-corrected chi connectivity index (χ0v) is 10.3. The molecule has 0 bridgehead atoms. The van der Waals surface area contributed by atoms with E-state index in [9.17, 15) is 8.42 Å². The Kier molecular flexibility index (Phi) is 2.90. The summed E-state index contributed by atoms with van der Waals surface area (Å²) in [6, 6.07) is 5.88. The molecule has 1 aliphatic rings. The van der Waals surface area contributed by atoms with E-state index in [0.717, 1.165) is 18.4 Å². The molecule has 1 aromatic carbocycles. The minimum Gasteiger partial charge on any atom is -0.381 e. The third kappa shape index (κ3) is 2.36. The summed E-state index contributed by atoms with van der Waals surface area (Å²) in [5.41, 5.74) is 1.64. The first-order valence-corrected chi connectivity index (χ1v) is 6.82. The molecule has 16 heavy (non-hydrogen) atoms. The maximum Gasteiger partial charge on any atom is 0.242 e. The van der Waals surface area contributed by atoms with Gasteiger partial charge in [0.1, 0.15) is 4.90 Å². The maximum atomic E-state index is 11.8. The molecule has 4 nitrogen and oxygen atoms in total. The number of aryl methyl sites for hydroxylation is 1. The predicted octanol–water partition coefficient (Wildman–Crippen LogP) is 1.48. The Balaban J connectivity index is 2.43. The van der Waals surface area contributed by atoms with Crippen molar-refractivity contribution in [3.8, 4) is 0 Å². The molecule has 1 aliphatic carbocycles. The highest BCUT2D eigenvalue weighted by molar-refractivity contribution is 7.89. The van der Waals surface area contributed by atoms with Gasteiger partial charge in [-0.15, -0.1) is 0 Å². The van der Waals surface area contributed by atoms with Gasteiger partial charge in [0.2, 0.25) is 10.0 Å². The van der Waals surface area contributed by atoms with Crippen LogP contribution < -0.4 is 10.0 Å². The lowest BCUT2D eigenvalue weighted by Gasteiger charge is -2.12. The summed E-state index contributed by atoms with van der Waals surface area (Å²) in [5, 5.41) is 3.23. The Bertz CT molecular complexity index is 493. The summed E-state index contributed by atoms with van der Waals surface area (Å²) < 4.78 is 26.0. The van der Waals surface area contributed by atoms with Crippen molar-refractivity contribution < 1.29 is 8.42 Å². The first kappa shape index (κ1) is 11.4. The summed E-state index contributed by atoms with van der Waals surface area (Å²) in [4.78, 5) is 0.335. The van der Waals surface area contributed by atoms with Crippen LogP contribution in [0.4, 0.5) is 5.69 Å². The van der Waals surface area contributed by atoms with E-state index in [4.69, 9.17) is 0 Å². The highest BCUT2D eigenvalue weighted by Crippen LogP contribution is 2.29. The minimum absolute atomic E-state index is 0.335. The average Bonchev–Trinajstić information content (AvgIpc) is 3.04. The van der Waals surface area contributed by atoms with Crippen LogP contribution in [0.1, 0.15) is 18.4 Å². The van der Waals surface area contributed by atoms with Crippen LogP contribution in [0.25, 0.3) is 0 Å². The van der Waals surface area contributed by atoms with Gasteiger partial charge >= 0.3 is 0 Å². The van der Waals surface area contributed by atoms with Gasteiger partial charge in [-0.25, -0.2) is 13.1 Å². The molecule has 5 heteroatoms. The van der Waals surface area contributed by atoms with E-state index in [1.807, 2.05) is 19.1 Å². The number of sulfonamides is 1. The standard InChI is InChI=1S/C11H16N2O2S/c1-8-3-6-10(13-9-4-5-9)11(7-8)16(14,15)12-2/h3,6-7,9,12-13H,4-5H2,1-2H3. The smallest absolute Gasteiger partial charge is 0.242 e. The zero-order valence-electron chi connectivity index (χ0n) is 9.45. The van der Waals surface area contributed by atoms with Crippen LogP contribution in [-0.2, 0) is 10.0 Å².